The Bertz CT molecular complexity index is 714. The van der Waals surface area contributed by atoms with Crippen molar-refractivity contribution < 1.29 is 9.53 Å². The zero-order chi connectivity index (χ0) is 17.5. The molecule has 2 aromatic rings. The second-order valence-corrected chi connectivity index (χ2v) is 5.95. The number of methoxy groups -OCH3 is 1. The van der Waals surface area contributed by atoms with E-state index in [1.807, 2.05) is 6.07 Å². The van der Waals surface area contributed by atoms with Crippen LogP contribution in [0, 0.1) is 6.92 Å². The standard InChI is InChI=1S/C19H22N2O2S/c1-4-17(14-10-8-13(2)9-11-14)21-19(24)20-16-7-5-6-15(12-16)18(22)23-3/h5-12,17H,4H2,1-3H3,(H2,20,21,24)/t17-/m0/s1. The summed E-state index contributed by atoms with van der Waals surface area (Å²) in [5.74, 6) is -0.372. The van der Waals surface area contributed by atoms with Gasteiger partial charge in [-0.3, -0.25) is 0 Å². The molecule has 0 radical (unpaired) electrons. The van der Waals surface area contributed by atoms with E-state index >= 15 is 0 Å². The molecular weight excluding hydrogens is 320 g/mol. The lowest BCUT2D eigenvalue weighted by molar-refractivity contribution is 0.0601. The first-order valence-corrected chi connectivity index (χ1v) is 8.26. The number of ether oxygens (including phenoxy) is 1. The van der Waals surface area contributed by atoms with E-state index in [0.717, 1.165) is 12.1 Å². The molecule has 5 heteroatoms. The molecule has 0 spiro atoms. The van der Waals surface area contributed by atoms with Crippen LogP contribution in [0.2, 0.25) is 0 Å². The molecule has 0 amide bonds. The van der Waals surface area contributed by atoms with Crippen LogP contribution >= 0.6 is 12.2 Å². The summed E-state index contributed by atoms with van der Waals surface area (Å²) < 4.78 is 4.73. The van der Waals surface area contributed by atoms with E-state index in [0.29, 0.717) is 10.7 Å². The molecule has 0 aliphatic rings. The van der Waals surface area contributed by atoms with Crippen LogP contribution in [0.3, 0.4) is 0 Å². The van der Waals surface area contributed by atoms with Gasteiger partial charge in [0.1, 0.15) is 0 Å². The molecule has 2 rings (SSSR count). The smallest absolute Gasteiger partial charge is 0.337 e. The van der Waals surface area contributed by atoms with E-state index in [-0.39, 0.29) is 12.0 Å². The Morgan fingerprint density at radius 3 is 2.54 bits per heavy atom. The minimum Gasteiger partial charge on any atom is -0.465 e. The molecule has 0 unspecified atom stereocenters. The highest BCUT2D eigenvalue weighted by Crippen LogP contribution is 2.18. The molecule has 2 aromatic carbocycles. The summed E-state index contributed by atoms with van der Waals surface area (Å²) in [5, 5.41) is 6.96. The zero-order valence-electron chi connectivity index (χ0n) is 14.1. The summed E-state index contributed by atoms with van der Waals surface area (Å²) in [6, 6.07) is 15.6. The third-order valence-corrected chi connectivity index (χ3v) is 3.95. The molecule has 0 heterocycles. The maximum Gasteiger partial charge on any atom is 0.337 e. The number of thiocarbonyl (C=S) groups is 1. The molecule has 0 aliphatic heterocycles. The molecule has 1 atom stereocenters. The van der Waals surface area contributed by atoms with E-state index < -0.39 is 0 Å². The highest BCUT2D eigenvalue weighted by molar-refractivity contribution is 7.80. The molecule has 0 bridgehead atoms. The molecule has 24 heavy (non-hydrogen) atoms. The van der Waals surface area contributed by atoms with Crippen LogP contribution in [0.4, 0.5) is 5.69 Å². The highest BCUT2D eigenvalue weighted by atomic mass is 32.1. The van der Waals surface area contributed by atoms with Crippen molar-refractivity contribution in [2.24, 2.45) is 0 Å². The van der Waals surface area contributed by atoms with Gasteiger partial charge in [-0.2, -0.15) is 0 Å². The SMILES string of the molecule is CC[C@H](NC(=S)Nc1cccc(C(=O)OC)c1)c1ccc(C)cc1. The van der Waals surface area contributed by atoms with Gasteiger partial charge in [0, 0.05) is 5.69 Å². The molecule has 0 aliphatic carbocycles. The second kappa shape index (κ2) is 8.45. The molecular formula is C19H22N2O2S. The van der Waals surface area contributed by atoms with Crippen LogP contribution in [-0.4, -0.2) is 18.2 Å². The van der Waals surface area contributed by atoms with Crippen LogP contribution < -0.4 is 10.6 Å². The summed E-state index contributed by atoms with van der Waals surface area (Å²) >= 11 is 5.40. The Labute approximate surface area is 148 Å². The minimum atomic E-state index is -0.372. The van der Waals surface area contributed by atoms with Crippen molar-refractivity contribution in [1.82, 2.24) is 5.32 Å². The van der Waals surface area contributed by atoms with Gasteiger partial charge in [0.25, 0.3) is 0 Å². The normalized spacial score (nSPS) is 11.5. The van der Waals surface area contributed by atoms with Gasteiger partial charge in [-0.05, 0) is 49.3 Å². The summed E-state index contributed by atoms with van der Waals surface area (Å²) in [5.41, 5.74) is 3.65. The fraction of sp³-hybridized carbons (Fsp3) is 0.263. The molecule has 4 nitrogen and oxygen atoms in total. The Morgan fingerprint density at radius 1 is 1.21 bits per heavy atom. The number of nitrogens with one attached hydrogen (secondary N) is 2. The summed E-state index contributed by atoms with van der Waals surface area (Å²) in [6.07, 6.45) is 0.910. The Kier molecular flexibility index (Phi) is 6.32. The number of carbonyl (C=O) groups is 1. The van der Waals surface area contributed by atoms with Gasteiger partial charge in [0.05, 0.1) is 18.7 Å². The fourth-order valence-electron chi connectivity index (χ4n) is 2.39. The minimum absolute atomic E-state index is 0.134. The number of carbonyl (C=O) groups excluding carboxylic acids is 1. The quantitative estimate of drug-likeness (QED) is 0.629. The number of rotatable bonds is 5. The number of esters is 1. The van der Waals surface area contributed by atoms with Gasteiger partial charge in [-0.25, -0.2) is 4.79 Å². The average molecular weight is 342 g/mol. The van der Waals surface area contributed by atoms with E-state index in [1.54, 1.807) is 18.2 Å². The van der Waals surface area contributed by atoms with E-state index in [2.05, 4.69) is 48.7 Å². The largest absolute Gasteiger partial charge is 0.465 e. The van der Waals surface area contributed by atoms with Crippen molar-refractivity contribution >= 4 is 29.0 Å². The first-order valence-electron chi connectivity index (χ1n) is 7.86. The van der Waals surface area contributed by atoms with Gasteiger partial charge in [0.2, 0.25) is 0 Å². The van der Waals surface area contributed by atoms with Crippen LogP contribution in [0.1, 0.15) is 40.9 Å². The summed E-state index contributed by atoms with van der Waals surface area (Å²) in [4.78, 5) is 11.6. The van der Waals surface area contributed by atoms with E-state index in [9.17, 15) is 4.79 Å². The Morgan fingerprint density at radius 2 is 1.92 bits per heavy atom. The van der Waals surface area contributed by atoms with Crippen molar-refractivity contribution in [3.05, 3.63) is 65.2 Å². The Hall–Kier alpha value is -2.40. The third kappa shape index (κ3) is 4.80. The second-order valence-electron chi connectivity index (χ2n) is 5.54. The van der Waals surface area contributed by atoms with Gasteiger partial charge in [0.15, 0.2) is 5.11 Å². The maximum absolute atomic E-state index is 11.6. The van der Waals surface area contributed by atoms with E-state index in [1.165, 1.54) is 18.2 Å². The predicted molar refractivity (Wildman–Crippen MR) is 101 cm³/mol. The van der Waals surface area contributed by atoms with Crippen molar-refractivity contribution in [3.8, 4) is 0 Å². The number of benzene rings is 2. The fourth-order valence-corrected chi connectivity index (χ4v) is 2.65. The lowest BCUT2D eigenvalue weighted by Crippen LogP contribution is -2.32. The topological polar surface area (TPSA) is 50.4 Å². The number of aryl methyl sites for hydroxylation is 1. The van der Waals surface area contributed by atoms with Crippen LogP contribution in [-0.2, 0) is 4.74 Å². The first kappa shape index (κ1) is 17.9. The molecule has 0 saturated heterocycles. The van der Waals surface area contributed by atoms with Gasteiger partial charge in [-0.1, -0.05) is 42.8 Å². The van der Waals surface area contributed by atoms with Gasteiger partial charge < -0.3 is 15.4 Å². The Balaban J connectivity index is 2.04. The third-order valence-electron chi connectivity index (χ3n) is 3.73. The van der Waals surface area contributed by atoms with Crippen LogP contribution in [0.15, 0.2) is 48.5 Å². The van der Waals surface area contributed by atoms with Crippen LogP contribution in [0.5, 0.6) is 0 Å². The summed E-state index contributed by atoms with van der Waals surface area (Å²) in [6.45, 7) is 4.18. The lowest BCUT2D eigenvalue weighted by atomic mass is 10.0. The van der Waals surface area contributed by atoms with Crippen molar-refractivity contribution in [2.75, 3.05) is 12.4 Å². The number of hydrogen-bond acceptors (Lipinski definition) is 3. The van der Waals surface area contributed by atoms with Crippen LogP contribution in [0.25, 0.3) is 0 Å². The highest BCUT2D eigenvalue weighted by Gasteiger charge is 2.11. The average Bonchev–Trinajstić information content (AvgIpc) is 2.60. The van der Waals surface area contributed by atoms with Crippen molar-refractivity contribution in [3.63, 3.8) is 0 Å². The zero-order valence-corrected chi connectivity index (χ0v) is 14.9. The number of hydrogen-bond donors (Lipinski definition) is 2. The molecule has 0 fully saturated rings. The predicted octanol–water partition coefficient (Wildman–Crippen LogP) is 4.22. The maximum atomic E-state index is 11.6. The lowest BCUT2D eigenvalue weighted by Gasteiger charge is -2.20. The monoisotopic (exact) mass is 342 g/mol. The van der Waals surface area contributed by atoms with Gasteiger partial charge >= 0.3 is 5.97 Å². The molecule has 0 saturated carbocycles. The van der Waals surface area contributed by atoms with Crippen molar-refractivity contribution in [2.45, 2.75) is 26.3 Å². The van der Waals surface area contributed by atoms with Crippen molar-refractivity contribution in [1.29, 1.82) is 0 Å². The molecule has 126 valence electrons. The van der Waals surface area contributed by atoms with E-state index in [4.69, 9.17) is 17.0 Å². The molecule has 0 aromatic heterocycles. The summed E-state index contributed by atoms with van der Waals surface area (Å²) in [7, 11) is 1.36. The van der Waals surface area contributed by atoms with Gasteiger partial charge in [-0.15, -0.1) is 0 Å². The number of anilines is 1. The molecule has 2 N–H and O–H groups in total. The first-order chi connectivity index (χ1) is 11.5.